The van der Waals surface area contributed by atoms with E-state index in [9.17, 15) is 0 Å². The monoisotopic (exact) mass is 367 g/mol. The maximum atomic E-state index is 6.22. The predicted molar refractivity (Wildman–Crippen MR) is 91.4 cm³/mol. The average Bonchev–Trinajstić information content (AvgIpc) is 2.50. The van der Waals surface area contributed by atoms with E-state index >= 15 is 0 Å². The molecular formula is C17H19BrClNO. The summed E-state index contributed by atoms with van der Waals surface area (Å²) in [4.78, 5) is 0. The van der Waals surface area contributed by atoms with Crippen LogP contribution in [0, 0.1) is 0 Å². The van der Waals surface area contributed by atoms with E-state index in [4.69, 9.17) is 22.1 Å². The fraction of sp³-hybridized carbons (Fsp3) is 0.294. The molecule has 0 saturated carbocycles. The molecule has 0 aliphatic carbocycles. The van der Waals surface area contributed by atoms with Gasteiger partial charge in [-0.15, -0.1) is 0 Å². The third-order valence-corrected chi connectivity index (χ3v) is 4.33. The number of halogens is 2. The molecule has 2 N–H and O–H groups in total. The number of ether oxygens (including phenoxy) is 1. The summed E-state index contributed by atoms with van der Waals surface area (Å²) in [5, 5.41) is 0.720. The Morgan fingerprint density at radius 3 is 2.43 bits per heavy atom. The van der Waals surface area contributed by atoms with Crippen molar-refractivity contribution >= 4 is 27.5 Å². The van der Waals surface area contributed by atoms with Gasteiger partial charge >= 0.3 is 0 Å². The molecule has 0 heterocycles. The normalized spacial score (nSPS) is 13.9. The van der Waals surface area contributed by atoms with E-state index in [2.05, 4.69) is 22.9 Å². The minimum absolute atomic E-state index is 0.0475. The van der Waals surface area contributed by atoms with Crippen molar-refractivity contribution in [2.24, 2.45) is 5.73 Å². The molecule has 0 saturated heterocycles. The molecular weight excluding hydrogens is 350 g/mol. The Bertz CT molecular complexity index is 573. The van der Waals surface area contributed by atoms with Crippen molar-refractivity contribution in [1.82, 2.24) is 0 Å². The molecule has 0 amide bonds. The van der Waals surface area contributed by atoms with Crippen molar-refractivity contribution in [2.45, 2.75) is 32.1 Å². The van der Waals surface area contributed by atoms with Gasteiger partial charge < -0.3 is 10.5 Å². The third kappa shape index (κ3) is 4.55. The Kier molecular flexibility index (Phi) is 6.24. The molecule has 0 aromatic heterocycles. The highest BCUT2D eigenvalue weighted by molar-refractivity contribution is 9.10. The van der Waals surface area contributed by atoms with Crippen LogP contribution >= 0.6 is 27.5 Å². The van der Waals surface area contributed by atoms with Gasteiger partial charge in [0.15, 0.2) is 0 Å². The molecule has 2 aromatic carbocycles. The Labute approximate surface area is 139 Å². The first-order valence-corrected chi connectivity index (χ1v) is 8.15. The highest BCUT2D eigenvalue weighted by Gasteiger charge is 2.19. The number of hydrogen-bond acceptors (Lipinski definition) is 2. The average molecular weight is 369 g/mol. The van der Waals surface area contributed by atoms with Gasteiger partial charge in [-0.05, 0) is 35.7 Å². The van der Waals surface area contributed by atoms with Gasteiger partial charge in [-0.3, -0.25) is 0 Å². The van der Waals surface area contributed by atoms with Crippen molar-refractivity contribution in [3.8, 4) is 0 Å². The minimum atomic E-state index is -0.139. The second kappa shape index (κ2) is 7.95. The zero-order chi connectivity index (χ0) is 15.2. The van der Waals surface area contributed by atoms with Gasteiger partial charge in [0.05, 0.1) is 12.7 Å². The van der Waals surface area contributed by atoms with E-state index in [0.717, 1.165) is 27.0 Å². The van der Waals surface area contributed by atoms with Crippen molar-refractivity contribution in [2.75, 3.05) is 0 Å². The van der Waals surface area contributed by atoms with Gasteiger partial charge in [-0.2, -0.15) is 0 Å². The van der Waals surface area contributed by atoms with E-state index in [-0.39, 0.29) is 12.1 Å². The molecule has 112 valence electrons. The van der Waals surface area contributed by atoms with E-state index in [1.165, 1.54) is 0 Å². The Morgan fingerprint density at radius 1 is 1.14 bits per heavy atom. The number of benzene rings is 2. The lowest BCUT2D eigenvalue weighted by Crippen LogP contribution is -2.29. The lowest BCUT2D eigenvalue weighted by Gasteiger charge is -2.24. The smallest absolute Gasteiger partial charge is 0.0980 e. The van der Waals surface area contributed by atoms with Crippen LogP contribution in [0.2, 0.25) is 5.02 Å². The van der Waals surface area contributed by atoms with E-state index in [1.807, 2.05) is 48.5 Å². The first-order chi connectivity index (χ1) is 10.1. The van der Waals surface area contributed by atoms with Crippen LogP contribution in [0.15, 0.2) is 53.0 Å². The summed E-state index contributed by atoms with van der Waals surface area (Å²) >= 11 is 9.61. The molecule has 2 unspecified atom stereocenters. The maximum absolute atomic E-state index is 6.22. The zero-order valence-electron chi connectivity index (χ0n) is 11.9. The van der Waals surface area contributed by atoms with Crippen LogP contribution < -0.4 is 5.73 Å². The van der Waals surface area contributed by atoms with Gasteiger partial charge in [0.1, 0.15) is 0 Å². The first kappa shape index (κ1) is 16.5. The van der Waals surface area contributed by atoms with Crippen LogP contribution in [0.3, 0.4) is 0 Å². The van der Waals surface area contributed by atoms with Gasteiger partial charge in [-0.25, -0.2) is 0 Å². The maximum Gasteiger partial charge on any atom is 0.0980 e. The molecule has 0 aliphatic rings. The van der Waals surface area contributed by atoms with Crippen molar-refractivity contribution in [3.05, 3.63) is 69.2 Å². The molecule has 0 bridgehead atoms. The van der Waals surface area contributed by atoms with E-state index in [1.54, 1.807) is 0 Å². The molecule has 2 aromatic rings. The molecule has 0 spiro atoms. The highest BCUT2D eigenvalue weighted by atomic mass is 79.9. The summed E-state index contributed by atoms with van der Waals surface area (Å²) in [5.74, 6) is 0. The van der Waals surface area contributed by atoms with Crippen molar-refractivity contribution in [1.29, 1.82) is 0 Å². The van der Waals surface area contributed by atoms with Crippen molar-refractivity contribution in [3.63, 3.8) is 0 Å². The second-order valence-electron chi connectivity index (χ2n) is 4.95. The Hall–Kier alpha value is -0.870. The van der Waals surface area contributed by atoms with Crippen LogP contribution in [0.1, 0.15) is 30.6 Å². The molecule has 2 rings (SSSR count). The second-order valence-corrected chi connectivity index (χ2v) is 6.27. The van der Waals surface area contributed by atoms with Gasteiger partial charge in [0, 0.05) is 15.5 Å². The van der Waals surface area contributed by atoms with Crippen LogP contribution in [0.25, 0.3) is 0 Å². The SMILES string of the molecule is CCC(N)C(OCc1ccccc1Cl)c1ccc(Br)cc1. The van der Waals surface area contributed by atoms with Gasteiger partial charge in [0.2, 0.25) is 0 Å². The molecule has 2 nitrogen and oxygen atoms in total. The molecule has 0 fully saturated rings. The lowest BCUT2D eigenvalue weighted by molar-refractivity contribution is 0.0213. The summed E-state index contributed by atoms with van der Waals surface area (Å²) in [6.07, 6.45) is 0.711. The number of nitrogens with two attached hydrogens (primary N) is 1. The summed E-state index contributed by atoms with van der Waals surface area (Å²) in [5.41, 5.74) is 8.28. The molecule has 0 radical (unpaired) electrons. The topological polar surface area (TPSA) is 35.2 Å². The summed E-state index contributed by atoms with van der Waals surface area (Å²) in [6, 6.07) is 15.7. The largest absolute Gasteiger partial charge is 0.367 e. The lowest BCUT2D eigenvalue weighted by atomic mass is 10.0. The van der Waals surface area contributed by atoms with Gasteiger partial charge in [-0.1, -0.05) is 64.8 Å². The third-order valence-electron chi connectivity index (χ3n) is 3.44. The zero-order valence-corrected chi connectivity index (χ0v) is 14.3. The van der Waals surface area contributed by atoms with E-state index in [0.29, 0.717) is 6.61 Å². The quantitative estimate of drug-likeness (QED) is 0.770. The molecule has 4 heteroatoms. The molecule has 2 atom stereocenters. The minimum Gasteiger partial charge on any atom is -0.367 e. The van der Waals surface area contributed by atoms with Crippen LogP contribution in [0.5, 0.6) is 0 Å². The van der Waals surface area contributed by atoms with Crippen LogP contribution in [-0.4, -0.2) is 6.04 Å². The van der Waals surface area contributed by atoms with Gasteiger partial charge in [0.25, 0.3) is 0 Å². The number of rotatable bonds is 6. The summed E-state index contributed by atoms with van der Waals surface area (Å²) in [7, 11) is 0. The molecule has 0 aliphatic heterocycles. The molecule has 21 heavy (non-hydrogen) atoms. The van der Waals surface area contributed by atoms with Crippen molar-refractivity contribution < 1.29 is 4.74 Å². The summed E-state index contributed by atoms with van der Waals surface area (Å²) in [6.45, 7) is 2.52. The van der Waals surface area contributed by atoms with Crippen LogP contribution in [-0.2, 0) is 11.3 Å². The standard InChI is InChI=1S/C17H19BrClNO/c1-2-16(20)17(12-7-9-14(18)10-8-12)21-11-13-5-3-4-6-15(13)19/h3-10,16-17H,2,11,20H2,1H3. The van der Waals surface area contributed by atoms with E-state index < -0.39 is 0 Å². The number of hydrogen-bond donors (Lipinski definition) is 1. The highest BCUT2D eigenvalue weighted by Crippen LogP contribution is 2.26. The Morgan fingerprint density at radius 2 is 1.81 bits per heavy atom. The summed E-state index contributed by atoms with van der Waals surface area (Å²) < 4.78 is 7.11. The predicted octanol–water partition coefficient (Wildman–Crippen LogP) is 5.10. The Balaban J connectivity index is 2.14. The van der Waals surface area contributed by atoms with Crippen LogP contribution in [0.4, 0.5) is 0 Å². The fourth-order valence-corrected chi connectivity index (χ4v) is 2.58. The fourth-order valence-electron chi connectivity index (χ4n) is 2.13. The first-order valence-electron chi connectivity index (χ1n) is 6.98.